The van der Waals surface area contributed by atoms with Crippen molar-refractivity contribution in [2.45, 2.75) is 19.4 Å². The molecule has 0 saturated carbocycles. The van der Waals surface area contributed by atoms with E-state index in [0.717, 1.165) is 18.4 Å². The Balaban J connectivity index is 2.27. The maximum atomic E-state index is 5.83. The Morgan fingerprint density at radius 2 is 1.88 bits per heavy atom. The largest absolute Gasteiger partial charge is 0.373 e. The van der Waals surface area contributed by atoms with Crippen molar-refractivity contribution in [1.82, 2.24) is 0 Å². The fourth-order valence-corrected chi connectivity index (χ4v) is 2.46. The van der Waals surface area contributed by atoms with Gasteiger partial charge in [-0.3, -0.25) is 0 Å². The van der Waals surface area contributed by atoms with Crippen LogP contribution in [0.1, 0.15) is 25.0 Å². The van der Waals surface area contributed by atoms with Crippen LogP contribution in [0, 0.1) is 0 Å². The highest BCUT2D eigenvalue weighted by molar-refractivity contribution is 9.09. The first-order valence-corrected chi connectivity index (χ1v) is 7.13. The average Bonchev–Trinajstić information content (AvgIpc) is 2.39. The second-order valence-electron chi connectivity index (χ2n) is 4.12. The zero-order valence-corrected chi connectivity index (χ0v) is 11.6. The van der Waals surface area contributed by atoms with E-state index in [-0.39, 0.29) is 6.10 Å². The van der Waals surface area contributed by atoms with Gasteiger partial charge in [-0.25, -0.2) is 0 Å². The van der Waals surface area contributed by atoms with Crippen LogP contribution in [0.4, 0.5) is 0 Å². The van der Waals surface area contributed by atoms with E-state index in [0.29, 0.717) is 0 Å². The van der Waals surface area contributed by atoms with Crippen molar-refractivity contribution in [2.75, 3.05) is 11.9 Å². The minimum Gasteiger partial charge on any atom is -0.373 e. The van der Waals surface area contributed by atoms with E-state index in [9.17, 15) is 0 Å². The first-order chi connectivity index (χ1) is 8.35. The Bertz CT molecular complexity index is 481. The van der Waals surface area contributed by atoms with Gasteiger partial charge in [0.25, 0.3) is 0 Å². The van der Waals surface area contributed by atoms with Crippen LogP contribution in [0.3, 0.4) is 0 Å². The Morgan fingerprint density at radius 3 is 2.59 bits per heavy atom. The number of alkyl halides is 1. The molecule has 90 valence electrons. The van der Waals surface area contributed by atoms with E-state index in [1.807, 2.05) is 0 Å². The van der Waals surface area contributed by atoms with Crippen molar-refractivity contribution >= 4 is 26.7 Å². The lowest BCUT2D eigenvalue weighted by molar-refractivity contribution is 0.0704. The SMILES string of the molecule is CCCOC(CBr)c1ccc2ccccc2c1. The lowest BCUT2D eigenvalue weighted by Crippen LogP contribution is -2.06. The number of hydrogen-bond acceptors (Lipinski definition) is 1. The molecule has 0 fully saturated rings. The summed E-state index contributed by atoms with van der Waals surface area (Å²) in [5.74, 6) is 0. The highest BCUT2D eigenvalue weighted by Crippen LogP contribution is 2.24. The molecule has 0 amide bonds. The van der Waals surface area contributed by atoms with Crippen molar-refractivity contribution in [3.05, 3.63) is 48.0 Å². The highest BCUT2D eigenvalue weighted by atomic mass is 79.9. The number of ether oxygens (including phenoxy) is 1. The van der Waals surface area contributed by atoms with Crippen molar-refractivity contribution in [3.63, 3.8) is 0 Å². The molecule has 0 bridgehead atoms. The third kappa shape index (κ3) is 3.08. The lowest BCUT2D eigenvalue weighted by Gasteiger charge is -2.16. The zero-order chi connectivity index (χ0) is 12.1. The maximum Gasteiger partial charge on any atom is 0.0921 e. The van der Waals surface area contributed by atoms with E-state index < -0.39 is 0 Å². The second kappa shape index (κ2) is 6.18. The standard InChI is InChI=1S/C15H17BrO/c1-2-9-17-15(11-16)14-8-7-12-5-3-4-6-13(12)10-14/h3-8,10,15H,2,9,11H2,1H3. The minimum absolute atomic E-state index is 0.152. The van der Waals surface area contributed by atoms with Crippen molar-refractivity contribution in [2.24, 2.45) is 0 Å². The summed E-state index contributed by atoms with van der Waals surface area (Å²) in [7, 11) is 0. The Kier molecular flexibility index (Phi) is 4.57. The molecule has 0 saturated heterocycles. The quantitative estimate of drug-likeness (QED) is 0.726. The van der Waals surface area contributed by atoms with Crippen LogP contribution in [0.25, 0.3) is 10.8 Å². The summed E-state index contributed by atoms with van der Waals surface area (Å²) in [5, 5.41) is 3.39. The second-order valence-corrected chi connectivity index (χ2v) is 4.77. The summed E-state index contributed by atoms with van der Waals surface area (Å²) in [6.45, 7) is 2.94. The van der Waals surface area contributed by atoms with Crippen LogP contribution in [-0.4, -0.2) is 11.9 Å². The number of hydrogen-bond donors (Lipinski definition) is 0. The molecule has 1 nitrogen and oxygen atoms in total. The molecular formula is C15H17BrO. The van der Waals surface area contributed by atoms with Gasteiger partial charge in [0, 0.05) is 11.9 Å². The van der Waals surface area contributed by atoms with Crippen molar-refractivity contribution < 1.29 is 4.74 Å². The van der Waals surface area contributed by atoms with E-state index in [4.69, 9.17) is 4.74 Å². The minimum atomic E-state index is 0.152. The maximum absolute atomic E-state index is 5.83. The highest BCUT2D eigenvalue weighted by Gasteiger charge is 2.10. The molecule has 0 aliphatic rings. The number of rotatable bonds is 5. The molecule has 2 heteroatoms. The molecule has 2 aromatic carbocycles. The summed E-state index contributed by atoms with van der Waals surface area (Å²) in [4.78, 5) is 0. The first-order valence-electron chi connectivity index (χ1n) is 6.01. The predicted molar refractivity (Wildman–Crippen MR) is 76.7 cm³/mol. The van der Waals surface area contributed by atoms with Crippen LogP contribution >= 0.6 is 15.9 Å². The molecule has 1 unspecified atom stereocenters. The molecule has 0 aliphatic carbocycles. The van der Waals surface area contributed by atoms with E-state index in [2.05, 4.69) is 65.3 Å². The molecule has 2 aromatic rings. The Morgan fingerprint density at radius 1 is 1.12 bits per heavy atom. The molecule has 0 heterocycles. The smallest absolute Gasteiger partial charge is 0.0921 e. The molecule has 1 atom stereocenters. The average molecular weight is 293 g/mol. The van der Waals surface area contributed by atoms with Gasteiger partial charge in [-0.05, 0) is 28.8 Å². The van der Waals surface area contributed by atoms with Crippen LogP contribution in [0.5, 0.6) is 0 Å². The summed E-state index contributed by atoms with van der Waals surface area (Å²) in [6, 6.07) is 15.0. The number of fused-ring (bicyclic) bond motifs is 1. The molecular weight excluding hydrogens is 276 g/mol. The topological polar surface area (TPSA) is 9.23 Å². The van der Waals surface area contributed by atoms with Crippen LogP contribution in [0.2, 0.25) is 0 Å². The summed E-state index contributed by atoms with van der Waals surface area (Å²) < 4.78 is 5.83. The van der Waals surface area contributed by atoms with Gasteiger partial charge in [0.1, 0.15) is 0 Å². The third-order valence-electron chi connectivity index (χ3n) is 2.81. The van der Waals surface area contributed by atoms with E-state index in [1.54, 1.807) is 0 Å². The fourth-order valence-electron chi connectivity index (χ4n) is 1.90. The number of halogens is 1. The van der Waals surface area contributed by atoms with Crippen molar-refractivity contribution in [1.29, 1.82) is 0 Å². The monoisotopic (exact) mass is 292 g/mol. The summed E-state index contributed by atoms with van der Waals surface area (Å²) in [5.41, 5.74) is 1.24. The molecule has 0 radical (unpaired) electrons. The third-order valence-corrected chi connectivity index (χ3v) is 3.40. The van der Waals surface area contributed by atoms with Gasteiger partial charge < -0.3 is 4.74 Å². The summed E-state index contributed by atoms with van der Waals surface area (Å²) >= 11 is 3.52. The Labute approximate surface area is 111 Å². The molecule has 0 N–H and O–H groups in total. The number of benzene rings is 2. The zero-order valence-electron chi connectivity index (χ0n) is 10.0. The van der Waals surface area contributed by atoms with Gasteiger partial charge in [0.15, 0.2) is 0 Å². The van der Waals surface area contributed by atoms with Gasteiger partial charge in [0.05, 0.1) is 6.10 Å². The van der Waals surface area contributed by atoms with Crippen LogP contribution < -0.4 is 0 Å². The summed E-state index contributed by atoms with van der Waals surface area (Å²) in [6.07, 6.45) is 1.21. The molecule has 0 aromatic heterocycles. The molecule has 2 rings (SSSR count). The fraction of sp³-hybridized carbons (Fsp3) is 0.333. The molecule has 17 heavy (non-hydrogen) atoms. The Hall–Kier alpha value is -0.860. The van der Waals surface area contributed by atoms with E-state index in [1.165, 1.54) is 16.3 Å². The van der Waals surface area contributed by atoms with Gasteiger partial charge >= 0.3 is 0 Å². The normalized spacial score (nSPS) is 12.8. The molecule has 0 spiro atoms. The van der Waals surface area contributed by atoms with Crippen LogP contribution in [0.15, 0.2) is 42.5 Å². The predicted octanol–water partition coefficient (Wildman–Crippen LogP) is 4.70. The van der Waals surface area contributed by atoms with Gasteiger partial charge in [-0.15, -0.1) is 0 Å². The van der Waals surface area contributed by atoms with Crippen LogP contribution in [-0.2, 0) is 4.74 Å². The van der Waals surface area contributed by atoms with Gasteiger partial charge in [-0.1, -0.05) is 59.3 Å². The van der Waals surface area contributed by atoms with Gasteiger partial charge in [0.2, 0.25) is 0 Å². The van der Waals surface area contributed by atoms with E-state index >= 15 is 0 Å². The first kappa shape index (κ1) is 12.6. The van der Waals surface area contributed by atoms with Crippen molar-refractivity contribution in [3.8, 4) is 0 Å². The lowest BCUT2D eigenvalue weighted by atomic mass is 10.0. The van der Waals surface area contributed by atoms with Gasteiger partial charge in [-0.2, -0.15) is 0 Å². The molecule has 0 aliphatic heterocycles.